The van der Waals surface area contributed by atoms with Crippen molar-refractivity contribution < 1.29 is 9.47 Å². The van der Waals surface area contributed by atoms with Crippen molar-refractivity contribution in [1.82, 2.24) is 19.3 Å². The van der Waals surface area contributed by atoms with Crippen LogP contribution in [0.1, 0.15) is 11.5 Å². The van der Waals surface area contributed by atoms with Gasteiger partial charge in [-0.05, 0) is 18.2 Å². The molecule has 0 saturated carbocycles. The summed E-state index contributed by atoms with van der Waals surface area (Å²) in [6.45, 7) is 2.83. The monoisotopic (exact) mass is 363 g/mol. The summed E-state index contributed by atoms with van der Waals surface area (Å²) in [7, 11) is 3.68. The molecule has 0 saturated heterocycles. The fourth-order valence-corrected chi connectivity index (χ4v) is 3.90. The van der Waals surface area contributed by atoms with E-state index < -0.39 is 0 Å². The second kappa shape index (κ2) is 6.28. The molecule has 1 aromatic carbocycles. The Kier molecular flexibility index (Phi) is 3.75. The fourth-order valence-electron chi connectivity index (χ4n) is 3.90. The van der Waals surface area contributed by atoms with Crippen LogP contribution in [0, 0.1) is 0 Å². The first-order valence-corrected chi connectivity index (χ1v) is 9.03. The van der Waals surface area contributed by atoms with E-state index in [1.807, 2.05) is 36.3 Å². The van der Waals surface area contributed by atoms with Crippen molar-refractivity contribution >= 4 is 22.3 Å². The van der Waals surface area contributed by atoms with E-state index in [-0.39, 0.29) is 0 Å². The highest BCUT2D eigenvalue weighted by atomic mass is 16.5. The molecule has 0 radical (unpaired) electrons. The van der Waals surface area contributed by atoms with Crippen molar-refractivity contribution in [3.8, 4) is 5.75 Å². The first-order chi connectivity index (χ1) is 13.3. The molecule has 0 spiro atoms. The minimum absolute atomic E-state index is 0.559. The van der Waals surface area contributed by atoms with Crippen molar-refractivity contribution in [2.75, 3.05) is 25.2 Å². The van der Waals surface area contributed by atoms with Gasteiger partial charge in [0, 0.05) is 25.5 Å². The molecule has 0 aliphatic carbocycles. The van der Waals surface area contributed by atoms with E-state index in [0.717, 1.165) is 52.6 Å². The summed E-state index contributed by atoms with van der Waals surface area (Å²) in [6.07, 6.45) is 10.2. The van der Waals surface area contributed by atoms with Crippen LogP contribution in [0.25, 0.3) is 16.6 Å². The summed E-state index contributed by atoms with van der Waals surface area (Å²) in [5, 5.41) is 5.54. The number of anilines is 1. The number of nitrogens with zero attached hydrogens (tertiary/aromatic N) is 5. The minimum atomic E-state index is 0.559. The summed E-state index contributed by atoms with van der Waals surface area (Å²) in [4.78, 5) is 6.85. The number of benzene rings is 1. The highest BCUT2D eigenvalue weighted by Gasteiger charge is 2.26. The van der Waals surface area contributed by atoms with Crippen molar-refractivity contribution in [1.29, 1.82) is 0 Å². The van der Waals surface area contributed by atoms with Gasteiger partial charge in [-0.1, -0.05) is 12.2 Å². The van der Waals surface area contributed by atoms with Gasteiger partial charge in [0.15, 0.2) is 0 Å². The average Bonchev–Trinajstić information content (AvgIpc) is 3.31. The predicted molar refractivity (Wildman–Crippen MR) is 104 cm³/mol. The van der Waals surface area contributed by atoms with Gasteiger partial charge in [-0.3, -0.25) is 4.68 Å². The molecule has 7 heteroatoms. The Labute approximate surface area is 157 Å². The number of methoxy groups -OCH3 is 1. The quantitative estimate of drug-likeness (QED) is 0.716. The van der Waals surface area contributed by atoms with Gasteiger partial charge < -0.3 is 18.9 Å². The molecule has 3 aromatic rings. The van der Waals surface area contributed by atoms with E-state index in [9.17, 15) is 0 Å². The van der Waals surface area contributed by atoms with E-state index in [1.54, 1.807) is 7.11 Å². The van der Waals surface area contributed by atoms with Crippen LogP contribution in [-0.4, -0.2) is 39.6 Å². The first kappa shape index (κ1) is 16.1. The average molecular weight is 363 g/mol. The lowest BCUT2D eigenvalue weighted by Crippen LogP contribution is -2.27. The van der Waals surface area contributed by atoms with Crippen LogP contribution in [0.2, 0.25) is 0 Å². The lowest BCUT2D eigenvalue weighted by Gasteiger charge is -2.31. The lowest BCUT2D eigenvalue weighted by molar-refractivity contribution is 0.0813. The Hall–Kier alpha value is -3.06. The number of aryl methyl sites for hydroxylation is 1. The third-order valence-electron chi connectivity index (χ3n) is 5.19. The van der Waals surface area contributed by atoms with Crippen molar-refractivity contribution in [3.05, 3.63) is 54.3 Å². The van der Waals surface area contributed by atoms with Crippen molar-refractivity contribution in [2.45, 2.75) is 13.2 Å². The maximum absolute atomic E-state index is 5.73. The number of allylic oxidation sites excluding steroid dienone is 2. The van der Waals surface area contributed by atoms with Crippen LogP contribution in [0.5, 0.6) is 5.75 Å². The normalized spacial score (nSPS) is 16.5. The molecule has 0 N–H and O–H groups in total. The van der Waals surface area contributed by atoms with Crippen molar-refractivity contribution in [3.63, 3.8) is 0 Å². The molecule has 0 fully saturated rings. The molecule has 2 aliphatic heterocycles. The standard InChI is InChI=1S/C20H21N5O2/c1-23-19-14(11-22-23)6-7-17(26-2)20(19)25-8-4-3-5-15(25)16-12-21-18-13-27-10-9-24(16)18/h3-7,11-12H,8-10,13H2,1-2H3. The fraction of sp³-hybridized carbons (Fsp3) is 0.300. The molecule has 0 bridgehead atoms. The predicted octanol–water partition coefficient (Wildman–Crippen LogP) is 2.73. The van der Waals surface area contributed by atoms with Crippen LogP contribution in [0.15, 0.2) is 42.8 Å². The maximum Gasteiger partial charge on any atom is 0.144 e. The van der Waals surface area contributed by atoms with E-state index in [2.05, 4.69) is 37.8 Å². The number of hydrogen-bond donors (Lipinski definition) is 0. The highest BCUT2D eigenvalue weighted by Crippen LogP contribution is 2.41. The molecule has 0 atom stereocenters. The summed E-state index contributed by atoms with van der Waals surface area (Å²) in [6, 6.07) is 4.06. The SMILES string of the molecule is COc1ccc2cnn(C)c2c1N1CC=CC=C1c1cnc2n1CCOC2. The van der Waals surface area contributed by atoms with E-state index in [1.165, 1.54) is 0 Å². The van der Waals surface area contributed by atoms with Crippen molar-refractivity contribution in [2.24, 2.45) is 7.05 Å². The Morgan fingerprint density at radius 2 is 2.15 bits per heavy atom. The number of hydrogen-bond acceptors (Lipinski definition) is 5. The number of imidazole rings is 1. The van der Waals surface area contributed by atoms with Gasteiger partial charge in [0.2, 0.25) is 0 Å². The van der Waals surface area contributed by atoms with Gasteiger partial charge >= 0.3 is 0 Å². The van der Waals surface area contributed by atoms with Crippen LogP contribution >= 0.6 is 0 Å². The van der Waals surface area contributed by atoms with E-state index in [0.29, 0.717) is 13.2 Å². The summed E-state index contributed by atoms with van der Waals surface area (Å²) in [5.74, 6) is 1.80. The highest BCUT2D eigenvalue weighted by molar-refractivity contribution is 5.99. The Bertz CT molecular complexity index is 1080. The zero-order valence-corrected chi connectivity index (χ0v) is 15.4. The molecule has 27 heavy (non-hydrogen) atoms. The van der Waals surface area contributed by atoms with Gasteiger partial charge in [-0.15, -0.1) is 0 Å². The second-order valence-electron chi connectivity index (χ2n) is 6.68. The molecule has 7 nitrogen and oxygen atoms in total. The Balaban J connectivity index is 1.70. The summed E-state index contributed by atoms with van der Waals surface area (Å²) < 4.78 is 15.4. The lowest BCUT2D eigenvalue weighted by atomic mass is 10.1. The molecule has 2 aliphatic rings. The van der Waals surface area contributed by atoms with Crippen LogP contribution in [-0.2, 0) is 24.9 Å². The number of fused-ring (bicyclic) bond motifs is 2. The molecular formula is C20H21N5O2. The molecule has 138 valence electrons. The zero-order chi connectivity index (χ0) is 18.4. The minimum Gasteiger partial charge on any atom is -0.494 e. The number of ether oxygens (including phenoxy) is 2. The second-order valence-corrected chi connectivity index (χ2v) is 6.68. The molecular weight excluding hydrogens is 342 g/mol. The van der Waals surface area contributed by atoms with Gasteiger partial charge in [0.1, 0.15) is 23.9 Å². The molecule has 5 rings (SSSR count). The third-order valence-corrected chi connectivity index (χ3v) is 5.19. The third kappa shape index (κ3) is 2.46. The molecule has 0 unspecified atom stereocenters. The topological polar surface area (TPSA) is 57.3 Å². The van der Waals surface area contributed by atoms with E-state index in [4.69, 9.17) is 9.47 Å². The van der Waals surface area contributed by atoms with Gasteiger partial charge in [0.25, 0.3) is 0 Å². The van der Waals surface area contributed by atoms with Crippen LogP contribution in [0.3, 0.4) is 0 Å². The largest absolute Gasteiger partial charge is 0.494 e. The molecule has 4 heterocycles. The van der Waals surface area contributed by atoms with Gasteiger partial charge in [0.05, 0.1) is 43.0 Å². The first-order valence-electron chi connectivity index (χ1n) is 9.03. The van der Waals surface area contributed by atoms with E-state index >= 15 is 0 Å². The zero-order valence-electron chi connectivity index (χ0n) is 15.4. The molecule has 0 amide bonds. The van der Waals surface area contributed by atoms with Gasteiger partial charge in [-0.2, -0.15) is 5.10 Å². The van der Waals surface area contributed by atoms with Crippen LogP contribution < -0.4 is 9.64 Å². The van der Waals surface area contributed by atoms with Crippen LogP contribution in [0.4, 0.5) is 5.69 Å². The summed E-state index contributed by atoms with van der Waals surface area (Å²) >= 11 is 0. The Morgan fingerprint density at radius 3 is 3.04 bits per heavy atom. The Morgan fingerprint density at radius 1 is 1.22 bits per heavy atom. The maximum atomic E-state index is 5.73. The number of aromatic nitrogens is 4. The number of rotatable bonds is 3. The molecule has 2 aromatic heterocycles. The summed E-state index contributed by atoms with van der Waals surface area (Å²) in [5.41, 5.74) is 4.27. The smallest absolute Gasteiger partial charge is 0.144 e. The van der Waals surface area contributed by atoms with Gasteiger partial charge in [-0.25, -0.2) is 4.98 Å².